The highest BCUT2D eigenvalue weighted by atomic mass is 16.6. The fourth-order valence-corrected chi connectivity index (χ4v) is 3.08. The first-order valence-electron chi connectivity index (χ1n) is 7.77. The van der Waals surface area contributed by atoms with Gasteiger partial charge in [-0.3, -0.25) is 4.90 Å². The third-order valence-electron chi connectivity index (χ3n) is 4.13. The molecule has 0 bridgehead atoms. The first-order chi connectivity index (χ1) is 9.37. The predicted molar refractivity (Wildman–Crippen MR) is 77.6 cm³/mol. The van der Waals surface area contributed by atoms with Gasteiger partial charge >= 0.3 is 6.09 Å². The van der Waals surface area contributed by atoms with E-state index in [-0.39, 0.29) is 18.2 Å². The Morgan fingerprint density at radius 1 is 1.10 bits per heavy atom. The van der Waals surface area contributed by atoms with Crippen LogP contribution in [0.2, 0.25) is 0 Å². The molecule has 1 aliphatic carbocycles. The fraction of sp³-hybridized carbons (Fsp3) is 0.933. The van der Waals surface area contributed by atoms with E-state index in [2.05, 4.69) is 4.90 Å². The quantitative estimate of drug-likeness (QED) is 0.798. The van der Waals surface area contributed by atoms with Crippen molar-refractivity contribution in [1.82, 2.24) is 9.80 Å². The zero-order valence-electron chi connectivity index (χ0n) is 13.0. The second kappa shape index (κ2) is 6.31. The van der Waals surface area contributed by atoms with Crippen LogP contribution in [-0.4, -0.2) is 64.9 Å². The fourth-order valence-electron chi connectivity index (χ4n) is 3.08. The SMILES string of the molecule is CC(C)(C)OC(=O)N1CCN([C@@H]2CCCC[C@H]2O)CC1. The van der Waals surface area contributed by atoms with Gasteiger partial charge in [-0.05, 0) is 33.6 Å². The molecule has 116 valence electrons. The minimum Gasteiger partial charge on any atom is -0.444 e. The van der Waals surface area contributed by atoms with E-state index in [1.807, 2.05) is 20.8 Å². The molecule has 5 nitrogen and oxygen atoms in total. The number of hydrogen-bond donors (Lipinski definition) is 1. The highest BCUT2D eigenvalue weighted by molar-refractivity contribution is 5.68. The van der Waals surface area contributed by atoms with Crippen molar-refractivity contribution in [2.24, 2.45) is 0 Å². The average Bonchev–Trinajstić information content (AvgIpc) is 2.37. The number of carbonyl (C=O) groups is 1. The molecule has 1 heterocycles. The van der Waals surface area contributed by atoms with Crippen LogP contribution in [0, 0.1) is 0 Å². The summed E-state index contributed by atoms with van der Waals surface area (Å²) in [5, 5.41) is 10.1. The summed E-state index contributed by atoms with van der Waals surface area (Å²) in [6.07, 6.45) is 3.91. The summed E-state index contributed by atoms with van der Waals surface area (Å²) in [5.74, 6) is 0. The Labute approximate surface area is 121 Å². The smallest absolute Gasteiger partial charge is 0.410 e. The monoisotopic (exact) mass is 284 g/mol. The third kappa shape index (κ3) is 4.09. The number of hydrogen-bond acceptors (Lipinski definition) is 4. The number of nitrogens with zero attached hydrogens (tertiary/aromatic N) is 2. The van der Waals surface area contributed by atoms with Crippen LogP contribution < -0.4 is 0 Å². The molecule has 1 amide bonds. The lowest BCUT2D eigenvalue weighted by atomic mass is 9.91. The number of piperazine rings is 1. The largest absolute Gasteiger partial charge is 0.444 e. The Bertz CT molecular complexity index is 333. The summed E-state index contributed by atoms with van der Waals surface area (Å²) in [6, 6.07) is 0.282. The second-order valence-electron chi connectivity index (χ2n) is 6.92. The number of amides is 1. The minimum atomic E-state index is -0.437. The molecule has 0 aromatic carbocycles. The molecule has 0 radical (unpaired) electrons. The molecule has 1 saturated heterocycles. The van der Waals surface area contributed by atoms with E-state index in [0.717, 1.165) is 32.4 Å². The number of ether oxygens (including phenoxy) is 1. The van der Waals surface area contributed by atoms with Crippen LogP contribution in [0.3, 0.4) is 0 Å². The molecule has 0 spiro atoms. The van der Waals surface area contributed by atoms with Gasteiger partial charge in [0.2, 0.25) is 0 Å². The Morgan fingerprint density at radius 2 is 1.70 bits per heavy atom. The molecule has 1 saturated carbocycles. The Hall–Kier alpha value is -0.810. The van der Waals surface area contributed by atoms with Gasteiger partial charge in [0.15, 0.2) is 0 Å². The van der Waals surface area contributed by atoms with E-state index in [9.17, 15) is 9.90 Å². The number of carbonyl (C=O) groups excluding carboxylic acids is 1. The highest BCUT2D eigenvalue weighted by Crippen LogP contribution is 2.24. The van der Waals surface area contributed by atoms with Gasteiger partial charge in [0.05, 0.1) is 6.10 Å². The lowest BCUT2D eigenvalue weighted by molar-refractivity contribution is -0.0161. The Morgan fingerprint density at radius 3 is 2.25 bits per heavy atom. The predicted octanol–water partition coefficient (Wildman–Crippen LogP) is 1.84. The number of aliphatic hydroxyl groups is 1. The van der Waals surface area contributed by atoms with E-state index in [0.29, 0.717) is 13.1 Å². The molecule has 0 aromatic heterocycles. The van der Waals surface area contributed by atoms with Crippen LogP contribution in [0.15, 0.2) is 0 Å². The van der Waals surface area contributed by atoms with Gasteiger partial charge in [-0.2, -0.15) is 0 Å². The van der Waals surface area contributed by atoms with Crippen molar-refractivity contribution in [3.8, 4) is 0 Å². The molecule has 0 unspecified atom stereocenters. The summed E-state index contributed by atoms with van der Waals surface area (Å²) < 4.78 is 5.40. The van der Waals surface area contributed by atoms with Crippen LogP contribution in [-0.2, 0) is 4.74 Å². The van der Waals surface area contributed by atoms with Crippen molar-refractivity contribution in [2.45, 2.75) is 64.2 Å². The van der Waals surface area contributed by atoms with Crippen molar-refractivity contribution in [3.05, 3.63) is 0 Å². The highest BCUT2D eigenvalue weighted by Gasteiger charge is 2.32. The molecule has 2 aliphatic rings. The molecule has 2 fully saturated rings. The van der Waals surface area contributed by atoms with Gasteiger partial charge < -0.3 is 14.7 Å². The van der Waals surface area contributed by atoms with Gasteiger partial charge in [-0.1, -0.05) is 12.8 Å². The Kier molecular flexibility index (Phi) is 4.91. The maximum absolute atomic E-state index is 12.0. The topological polar surface area (TPSA) is 53.0 Å². The van der Waals surface area contributed by atoms with Crippen LogP contribution in [0.4, 0.5) is 4.79 Å². The minimum absolute atomic E-state index is 0.197. The van der Waals surface area contributed by atoms with Gasteiger partial charge in [0, 0.05) is 32.2 Å². The molecule has 1 aliphatic heterocycles. The maximum Gasteiger partial charge on any atom is 0.410 e. The normalized spacial score (nSPS) is 29.3. The summed E-state index contributed by atoms with van der Waals surface area (Å²) in [5.41, 5.74) is -0.437. The molecule has 2 atom stereocenters. The molecule has 1 N–H and O–H groups in total. The van der Waals surface area contributed by atoms with Crippen LogP contribution in [0.1, 0.15) is 46.5 Å². The summed E-state index contributed by atoms with van der Waals surface area (Å²) in [6.45, 7) is 8.72. The summed E-state index contributed by atoms with van der Waals surface area (Å²) >= 11 is 0. The van der Waals surface area contributed by atoms with Crippen molar-refractivity contribution in [1.29, 1.82) is 0 Å². The van der Waals surface area contributed by atoms with Gasteiger partial charge in [-0.15, -0.1) is 0 Å². The Balaban J connectivity index is 1.81. The van der Waals surface area contributed by atoms with E-state index >= 15 is 0 Å². The van der Waals surface area contributed by atoms with Crippen LogP contribution in [0.5, 0.6) is 0 Å². The van der Waals surface area contributed by atoms with Gasteiger partial charge in [0.25, 0.3) is 0 Å². The van der Waals surface area contributed by atoms with E-state index < -0.39 is 5.60 Å². The zero-order chi connectivity index (χ0) is 14.8. The lowest BCUT2D eigenvalue weighted by Crippen LogP contribution is -2.56. The third-order valence-corrected chi connectivity index (χ3v) is 4.13. The second-order valence-corrected chi connectivity index (χ2v) is 6.92. The standard InChI is InChI=1S/C15H28N2O3/c1-15(2,3)20-14(19)17-10-8-16(9-11-17)12-6-4-5-7-13(12)18/h12-13,18H,4-11H2,1-3H3/t12-,13-/m1/s1. The molecular formula is C15H28N2O3. The van der Waals surface area contributed by atoms with Gasteiger partial charge in [-0.25, -0.2) is 4.79 Å². The molecule has 20 heavy (non-hydrogen) atoms. The van der Waals surface area contributed by atoms with Crippen molar-refractivity contribution < 1.29 is 14.6 Å². The molecule has 0 aromatic rings. The zero-order valence-corrected chi connectivity index (χ0v) is 13.0. The number of aliphatic hydroxyl groups excluding tert-OH is 1. The van der Waals surface area contributed by atoms with E-state index in [1.165, 1.54) is 6.42 Å². The van der Waals surface area contributed by atoms with Crippen LogP contribution in [0.25, 0.3) is 0 Å². The molecular weight excluding hydrogens is 256 g/mol. The summed E-state index contributed by atoms with van der Waals surface area (Å²) in [4.78, 5) is 16.1. The summed E-state index contributed by atoms with van der Waals surface area (Å²) in [7, 11) is 0. The van der Waals surface area contributed by atoms with Gasteiger partial charge in [0.1, 0.15) is 5.60 Å². The first kappa shape index (κ1) is 15.6. The van der Waals surface area contributed by atoms with Crippen molar-refractivity contribution >= 4 is 6.09 Å². The first-order valence-corrected chi connectivity index (χ1v) is 7.77. The van der Waals surface area contributed by atoms with E-state index in [1.54, 1.807) is 4.90 Å². The number of rotatable bonds is 1. The maximum atomic E-state index is 12.0. The average molecular weight is 284 g/mol. The van der Waals surface area contributed by atoms with Crippen molar-refractivity contribution in [2.75, 3.05) is 26.2 Å². The lowest BCUT2D eigenvalue weighted by Gasteiger charge is -2.42. The van der Waals surface area contributed by atoms with Crippen LogP contribution >= 0.6 is 0 Å². The van der Waals surface area contributed by atoms with Crippen molar-refractivity contribution in [3.63, 3.8) is 0 Å². The molecule has 2 rings (SSSR count). The van der Waals surface area contributed by atoms with E-state index in [4.69, 9.17) is 4.74 Å². The molecule has 5 heteroatoms.